The fourth-order valence-electron chi connectivity index (χ4n) is 2.84. The number of anilines is 1. The van der Waals surface area contributed by atoms with Crippen molar-refractivity contribution >= 4 is 39.4 Å². The number of amides is 1. The first kappa shape index (κ1) is 18.2. The second kappa shape index (κ2) is 7.74. The predicted molar refractivity (Wildman–Crippen MR) is 104 cm³/mol. The summed E-state index contributed by atoms with van der Waals surface area (Å²) in [5.41, 5.74) is 2.01. The molecule has 1 aliphatic rings. The van der Waals surface area contributed by atoms with E-state index < -0.39 is 0 Å². The van der Waals surface area contributed by atoms with Crippen LogP contribution in [0.2, 0.25) is 0 Å². The molecule has 0 unspecified atom stereocenters. The van der Waals surface area contributed by atoms with E-state index in [-0.39, 0.29) is 17.4 Å². The van der Waals surface area contributed by atoms with Crippen molar-refractivity contribution in [2.45, 2.75) is 12.8 Å². The Hall–Kier alpha value is -2.60. The zero-order valence-corrected chi connectivity index (χ0v) is 15.8. The number of ketones is 1. The summed E-state index contributed by atoms with van der Waals surface area (Å²) in [5.74, 6) is 0.314. The first-order valence-electron chi connectivity index (χ1n) is 8.19. The van der Waals surface area contributed by atoms with Crippen LogP contribution in [0.25, 0.3) is 6.08 Å². The number of nitrogens with zero attached hydrogens (tertiary/aromatic N) is 1. The van der Waals surface area contributed by atoms with Gasteiger partial charge in [0.25, 0.3) is 0 Å². The normalized spacial score (nSPS) is 14.2. The van der Waals surface area contributed by atoms with Crippen LogP contribution in [0.1, 0.15) is 28.8 Å². The summed E-state index contributed by atoms with van der Waals surface area (Å²) in [6.07, 6.45) is 4.52. The second-order valence-corrected chi connectivity index (χ2v) is 6.79. The summed E-state index contributed by atoms with van der Waals surface area (Å²) in [6.45, 7) is 0.723. The summed E-state index contributed by atoms with van der Waals surface area (Å²) < 4.78 is 5.75. The number of halogens is 1. The first-order chi connectivity index (χ1) is 12.5. The van der Waals surface area contributed by atoms with Crippen LogP contribution in [0, 0.1) is 0 Å². The Morgan fingerprint density at radius 2 is 2.00 bits per heavy atom. The largest absolute Gasteiger partial charge is 0.504 e. The molecule has 2 aromatic rings. The number of carbonyl (C=O) groups excluding carboxylic acids is 2. The molecule has 1 fully saturated rings. The number of ether oxygens (including phenoxy) is 1. The standard InChI is InChI=1S/C20H18BrNO4/c1-26-19-12-16(21)14(11-18(19)24)6-9-17(23)13-4-7-15(8-5-13)22-10-2-3-20(22)25/h4-9,11-12,24H,2-3,10H2,1H3. The molecular formula is C20H18BrNO4. The Labute approximate surface area is 160 Å². The van der Waals surface area contributed by atoms with Crippen molar-refractivity contribution in [1.82, 2.24) is 0 Å². The fraction of sp³-hybridized carbons (Fsp3) is 0.200. The minimum Gasteiger partial charge on any atom is -0.504 e. The van der Waals surface area contributed by atoms with E-state index in [1.165, 1.54) is 19.3 Å². The lowest BCUT2D eigenvalue weighted by Crippen LogP contribution is -2.23. The number of benzene rings is 2. The maximum atomic E-state index is 12.4. The van der Waals surface area contributed by atoms with Crippen LogP contribution in [0.15, 0.2) is 46.9 Å². The highest BCUT2D eigenvalue weighted by Gasteiger charge is 2.21. The molecule has 1 amide bonds. The van der Waals surface area contributed by atoms with Gasteiger partial charge in [0.05, 0.1) is 7.11 Å². The maximum Gasteiger partial charge on any atom is 0.227 e. The van der Waals surface area contributed by atoms with Gasteiger partial charge in [-0.25, -0.2) is 0 Å². The molecule has 1 N–H and O–H groups in total. The number of phenols is 1. The third-order valence-electron chi connectivity index (χ3n) is 4.25. The van der Waals surface area contributed by atoms with Gasteiger partial charge in [-0.2, -0.15) is 0 Å². The van der Waals surface area contributed by atoms with E-state index in [0.717, 1.165) is 18.7 Å². The topological polar surface area (TPSA) is 66.8 Å². The van der Waals surface area contributed by atoms with Gasteiger partial charge in [0.1, 0.15) is 0 Å². The van der Waals surface area contributed by atoms with E-state index in [1.807, 2.05) is 0 Å². The van der Waals surface area contributed by atoms with Gasteiger partial charge >= 0.3 is 0 Å². The van der Waals surface area contributed by atoms with Gasteiger partial charge in [-0.15, -0.1) is 0 Å². The Morgan fingerprint density at radius 3 is 2.62 bits per heavy atom. The molecule has 0 spiro atoms. The molecule has 134 valence electrons. The number of aromatic hydroxyl groups is 1. The number of rotatable bonds is 5. The molecule has 2 aromatic carbocycles. The molecule has 0 saturated carbocycles. The zero-order valence-electron chi connectivity index (χ0n) is 14.2. The number of methoxy groups -OCH3 is 1. The van der Waals surface area contributed by atoms with Crippen LogP contribution in [-0.2, 0) is 4.79 Å². The molecule has 26 heavy (non-hydrogen) atoms. The second-order valence-electron chi connectivity index (χ2n) is 5.94. The number of allylic oxidation sites excluding steroid dienone is 1. The number of phenolic OH excluding ortho intramolecular Hbond substituents is 1. The van der Waals surface area contributed by atoms with Gasteiger partial charge in [-0.05, 0) is 60.5 Å². The van der Waals surface area contributed by atoms with E-state index in [2.05, 4.69) is 15.9 Å². The zero-order chi connectivity index (χ0) is 18.7. The highest BCUT2D eigenvalue weighted by molar-refractivity contribution is 9.10. The Kier molecular flexibility index (Phi) is 5.42. The molecule has 0 radical (unpaired) electrons. The van der Waals surface area contributed by atoms with Crippen LogP contribution in [0.5, 0.6) is 11.5 Å². The summed E-state index contributed by atoms with van der Waals surface area (Å²) >= 11 is 3.39. The first-order valence-corrected chi connectivity index (χ1v) is 8.98. The van der Waals surface area contributed by atoms with Crippen molar-refractivity contribution in [3.8, 4) is 11.5 Å². The molecule has 0 aromatic heterocycles. The quantitative estimate of drug-likeness (QED) is 0.587. The molecule has 3 rings (SSSR count). The molecule has 1 saturated heterocycles. The summed E-state index contributed by atoms with van der Waals surface area (Å²) in [7, 11) is 1.47. The molecule has 1 aliphatic heterocycles. The lowest BCUT2D eigenvalue weighted by Gasteiger charge is -2.15. The summed E-state index contributed by atoms with van der Waals surface area (Å²) in [6, 6.07) is 10.2. The summed E-state index contributed by atoms with van der Waals surface area (Å²) in [4.78, 5) is 25.9. The highest BCUT2D eigenvalue weighted by Crippen LogP contribution is 2.33. The Morgan fingerprint density at radius 1 is 1.27 bits per heavy atom. The van der Waals surface area contributed by atoms with Gasteiger partial charge in [0, 0.05) is 28.7 Å². The van der Waals surface area contributed by atoms with Crippen molar-refractivity contribution in [1.29, 1.82) is 0 Å². The van der Waals surface area contributed by atoms with E-state index in [0.29, 0.717) is 27.8 Å². The van der Waals surface area contributed by atoms with Gasteiger partial charge in [-0.1, -0.05) is 15.9 Å². The van der Waals surface area contributed by atoms with Crippen molar-refractivity contribution in [3.63, 3.8) is 0 Å². The third kappa shape index (κ3) is 3.80. The molecule has 5 nitrogen and oxygen atoms in total. The van der Waals surface area contributed by atoms with Crippen molar-refractivity contribution in [2.75, 3.05) is 18.6 Å². The maximum absolute atomic E-state index is 12.4. The fourth-order valence-corrected chi connectivity index (χ4v) is 3.29. The van der Waals surface area contributed by atoms with Gasteiger partial charge in [-0.3, -0.25) is 9.59 Å². The lowest BCUT2D eigenvalue weighted by atomic mass is 10.1. The van der Waals surface area contributed by atoms with Crippen molar-refractivity contribution in [3.05, 3.63) is 58.1 Å². The number of hydrogen-bond donors (Lipinski definition) is 1. The number of hydrogen-bond acceptors (Lipinski definition) is 4. The Bertz CT molecular complexity index is 874. The van der Waals surface area contributed by atoms with E-state index >= 15 is 0 Å². The van der Waals surface area contributed by atoms with Crippen LogP contribution in [0.4, 0.5) is 5.69 Å². The predicted octanol–water partition coefficient (Wildman–Crippen LogP) is 4.19. The molecule has 1 heterocycles. The summed E-state index contributed by atoms with van der Waals surface area (Å²) in [5, 5.41) is 9.86. The third-order valence-corrected chi connectivity index (χ3v) is 4.94. The SMILES string of the molecule is COc1cc(Br)c(C=CC(=O)c2ccc(N3CCCC3=O)cc2)cc1O. The average Bonchev–Trinajstić information content (AvgIpc) is 3.07. The van der Waals surface area contributed by atoms with Crippen LogP contribution in [0.3, 0.4) is 0 Å². The van der Waals surface area contributed by atoms with Crippen molar-refractivity contribution in [2.24, 2.45) is 0 Å². The smallest absolute Gasteiger partial charge is 0.227 e. The molecule has 0 bridgehead atoms. The molecule has 0 aliphatic carbocycles. The van der Waals surface area contributed by atoms with Crippen LogP contribution < -0.4 is 9.64 Å². The minimum absolute atomic E-state index is 0.00225. The van der Waals surface area contributed by atoms with Gasteiger partial charge < -0.3 is 14.7 Å². The lowest BCUT2D eigenvalue weighted by molar-refractivity contribution is -0.117. The van der Waals surface area contributed by atoms with Crippen molar-refractivity contribution < 1.29 is 19.4 Å². The van der Waals surface area contributed by atoms with Crippen LogP contribution in [-0.4, -0.2) is 30.5 Å². The molecule has 6 heteroatoms. The monoisotopic (exact) mass is 415 g/mol. The van der Waals surface area contributed by atoms with E-state index in [9.17, 15) is 14.7 Å². The minimum atomic E-state index is -0.161. The number of carbonyl (C=O) groups is 2. The van der Waals surface area contributed by atoms with Gasteiger partial charge in [0.15, 0.2) is 17.3 Å². The van der Waals surface area contributed by atoms with Crippen LogP contribution >= 0.6 is 15.9 Å². The van der Waals surface area contributed by atoms with Gasteiger partial charge in [0.2, 0.25) is 5.91 Å². The van der Waals surface area contributed by atoms with E-state index in [1.54, 1.807) is 41.3 Å². The Balaban J connectivity index is 1.75. The average molecular weight is 416 g/mol. The van der Waals surface area contributed by atoms with E-state index in [4.69, 9.17) is 4.74 Å². The highest BCUT2D eigenvalue weighted by atomic mass is 79.9. The molecular weight excluding hydrogens is 398 g/mol. The molecule has 0 atom stereocenters.